The monoisotopic (exact) mass is 571 g/mol. The SMILES string of the molecule is Cc1cccc(C(=O)Nc2cccc(OC3CCN(C(=O)NCC(=O)O)CC3)c2)c1-c1ccc(OC(F)(F)F)cc1. The van der Waals surface area contributed by atoms with Gasteiger partial charge < -0.3 is 30.1 Å². The molecule has 0 saturated carbocycles. The number of aryl methyl sites for hydroxylation is 1. The number of aliphatic carboxylic acids is 1. The summed E-state index contributed by atoms with van der Waals surface area (Å²) in [7, 11) is 0. The van der Waals surface area contributed by atoms with Gasteiger partial charge in [-0.3, -0.25) is 9.59 Å². The Balaban J connectivity index is 1.40. The summed E-state index contributed by atoms with van der Waals surface area (Å²) in [4.78, 5) is 37.5. The van der Waals surface area contributed by atoms with Crippen molar-refractivity contribution in [3.8, 4) is 22.6 Å². The fourth-order valence-electron chi connectivity index (χ4n) is 4.54. The lowest BCUT2D eigenvalue weighted by molar-refractivity contribution is -0.274. The second-order valence-electron chi connectivity index (χ2n) is 9.41. The second-order valence-corrected chi connectivity index (χ2v) is 9.41. The molecule has 0 atom stereocenters. The molecule has 41 heavy (non-hydrogen) atoms. The molecule has 0 bridgehead atoms. The molecule has 0 aliphatic carbocycles. The van der Waals surface area contributed by atoms with Crippen LogP contribution in [0.1, 0.15) is 28.8 Å². The van der Waals surface area contributed by atoms with Crippen molar-refractivity contribution in [1.29, 1.82) is 0 Å². The summed E-state index contributed by atoms with van der Waals surface area (Å²) in [6.07, 6.45) is -3.87. The normalized spacial score (nSPS) is 13.8. The van der Waals surface area contributed by atoms with Gasteiger partial charge in [0, 0.05) is 43.2 Å². The minimum Gasteiger partial charge on any atom is -0.490 e. The van der Waals surface area contributed by atoms with Gasteiger partial charge in [0.2, 0.25) is 0 Å². The van der Waals surface area contributed by atoms with E-state index in [4.69, 9.17) is 9.84 Å². The van der Waals surface area contributed by atoms with Gasteiger partial charge in [-0.1, -0.05) is 30.3 Å². The molecule has 1 heterocycles. The Hall–Kier alpha value is -4.74. The van der Waals surface area contributed by atoms with Crippen LogP contribution in [0.3, 0.4) is 0 Å². The van der Waals surface area contributed by atoms with Crippen LogP contribution >= 0.6 is 0 Å². The Morgan fingerprint density at radius 3 is 2.32 bits per heavy atom. The standard InChI is InChI=1S/C29H28F3N3O6/c1-18-4-2-7-24(26(18)19-8-10-22(11-9-19)41-29(30,31)32)27(38)34-20-5-3-6-23(16-20)40-21-12-14-35(15-13-21)28(39)33-17-25(36)37/h2-11,16,21H,12-15,17H2,1H3,(H,33,39)(H,34,38)(H,36,37). The van der Waals surface area contributed by atoms with Gasteiger partial charge in [-0.15, -0.1) is 13.2 Å². The molecular formula is C29H28F3N3O6. The Morgan fingerprint density at radius 1 is 0.976 bits per heavy atom. The largest absolute Gasteiger partial charge is 0.573 e. The van der Waals surface area contributed by atoms with Crippen LogP contribution in [-0.4, -0.2) is 60.0 Å². The van der Waals surface area contributed by atoms with Crippen molar-refractivity contribution in [2.45, 2.75) is 32.2 Å². The van der Waals surface area contributed by atoms with Crippen molar-refractivity contribution in [3.63, 3.8) is 0 Å². The van der Waals surface area contributed by atoms with Crippen molar-refractivity contribution >= 4 is 23.6 Å². The fraction of sp³-hybridized carbons (Fsp3) is 0.276. The molecule has 0 aromatic heterocycles. The molecule has 1 aliphatic heterocycles. The lowest BCUT2D eigenvalue weighted by atomic mass is 9.94. The quantitative estimate of drug-likeness (QED) is 0.331. The number of hydrogen-bond acceptors (Lipinski definition) is 5. The number of halogens is 3. The van der Waals surface area contributed by atoms with Crippen LogP contribution in [0.2, 0.25) is 0 Å². The van der Waals surface area contributed by atoms with Gasteiger partial charge >= 0.3 is 18.4 Å². The molecule has 0 spiro atoms. The number of carboxylic acid groups (broad SMARTS) is 1. The molecule has 4 rings (SSSR count). The number of likely N-dealkylation sites (tertiary alicyclic amines) is 1. The van der Waals surface area contributed by atoms with Crippen molar-refractivity contribution in [2.75, 3.05) is 25.0 Å². The summed E-state index contributed by atoms with van der Waals surface area (Å²) < 4.78 is 47.6. The highest BCUT2D eigenvalue weighted by molar-refractivity contribution is 6.09. The summed E-state index contributed by atoms with van der Waals surface area (Å²) in [5, 5.41) is 13.9. The number of hydrogen-bond donors (Lipinski definition) is 3. The van der Waals surface area contributed by atoms with Crippen molar-refractivity contribution < 1.29 is 42.1 Å². The Kier molecular flexibility index (Phi) is 9.00. The summed E-state index contributed by atoms with van der Waals surface area (Å²) in [6.45, 7) is 2.18. The number of urea groups is 1. The predicted octanol–water partition coefficient (Wildman–Crippen LogP) is 5.45. The maximum Gasteiger partial charge on any atom is 0.573 e. The third-order valence-electron chi connectivity index (χ3n) is 6.41. The molecule has 216 valence electrons. The first kappa shape index (κ1) is 29.2. The zero-order valence-corrected chi connectivity index (χ0v) is 22.0. The minimum atomic E-state index is -4.80. The highest BCUT2D eigenvalue weighted by Gasteiger charge is 2.31. The van der Waals surface area contributed by atoms with Crippen LogP contribution in [0.4, 0.5) is 23.7 Å². The number of carboxylic acids is 1. The number of piperidine rings is 1. The summed E-state index contributed by atoms with van der Waals surface area (Å²) >= 11 is 0. The third kappa shape index (κ3) is 8.13. The highest BCUT2D eigenvalue weighted by Crippen LogP contribution is 2.31. The number of alkyl halides is 3. The van der Waals surface area contributed by atoms with Crippen LogP contribution in [0.25, 0.3) is 11.1 Å². The summed E-state index contributed by atoms with van der Waals surface area (Å²) in [5.74, 6) is -1.35. The van der Waals surface area contributed by atoms with Crippen molar-refractivity contribution in [1.82, 2.24) is 10.2 Å². The zero-order chi connectivity index (χ0) is 29.6. The van der Waals surface area contributed by atoms with E-state index >= 15 is 0 Å². The van der Waals surface area contributed by atoms with Gasteiger partial charge in [0.1, 0.15) is 24.1 Å². The smallest absolute Gasteiger partial charge is 0.490 e. The van der Waals surface area contributed by atoms with E-state index in [2.05, 4.69) is 15.4 Å². The number of carbonyl (C=O) groups is 3. The van der Waals surface area contributed by atoms with Gasteiger partial charge in [0.15, 0.2) is 0 Å². The molecule has 12 heteroatoms. The molecule has 3 amide bonds. The van der Waals surface area contributed by atoms with E-state index in [1.54, 1.807) is 36.4 Å². The maximum atomic E-state index is 13.3. The van der Waals surface area contributed by atoms with Crippen molar-refractivity contribution in [3.05, 3.63) is 77.9 Å². The average Bonchev–Trinajstić information content (AvgIpc) is 2.92. The molecule has 1 aliphatic rings. The Morgan fingerprint density at radius 2 is 1.66 bits per heavy atom. The number of ether oxygens (including phenoxy) is 2. The molecule has 1 fully saturated rings. The number of rotatable bonds is 8. The van der Waals surface area contributed by atoms with Crippen LogP contribution in [0.5, 0.6) is 11.5 Å². The topological polar surface area (TPSA) is 117 Å². The van der Waals surface area contributed by atoms with Crippen molar-refractivity contribution in [2.24, 2.45) is 0 Å². The van der Waals surface area contributed by atoms with E-state index in [0.717, 1.165) is 5.56 Å². The lowest BCUT2D eigenvalue weighted by Crippen LogP contribution is -2.47. The number of anilines is 1. The van der Waals surface area contributed by atoms with E-state index in [-0.39, 0.29) is 11.9 Å². The number of nitrogens with zero attached hydrogens (tertiary/aromatic N) is 1. The van der Waals surface area contributed by atoms with E-state index in [1.807, 2.05) is 13.0 Å². The molecule has 9 nitrogen and oxygen atoms in total. The Bertz CT molecular complexity index is 1400. The van der Waals surface area contributed by atoms with E-state index in [0.29, 0.717) is 54.1 Å². The number of carbonyl (C=O) groups excluding carboxylic acids is 2. The molecular weight excluding hydrogens is 543 g/mol. The molecule has 0 radical (unpaired) electrons. The second kappa shape index (κ2) is 12.6. The van der Waals surface area contributed by atoms with Crippen LogP contribution in [0.15, 0.2) is 66.7 Å². The summed E-state index contributed by atoms with van der Waals surface area (Å²) in [5.41, 5.74) is 2.73. The minimum absolute atomic E-state index is 0.169. The van der Waals surface area contributed by atoms with E-state index in [9.17, 15) is 27.6 Å². The van der Waals surface area contributed by atoms with Crippen LogP contribution in [0, 0.1) is 6.92 Å². The van der Waals surface area contributed by atoms with Gasteiger partial charge in [0.05, 0.1) is 0 Å². The van der Waals surface area contributed by atoms with Gasteiger partial charge in [0.25, 0.3) is 5.91 Å². The maximum absolute atomic E-state index is 13.3. The average molecular weight is 572 g/mol. The fourth-order valence-corrected chi connectivity index (χ4v) is 4.54. The van der Waals surface area contributed by atoms with Crippen LogP contribution in [-0.2, 0) is 4.79 Å². The van der Waals surface area contributed by atoms with Gasteiger partial charge in [-0.2, -0.15) is 0 Å². The first-order valence-corrected chi connectivity index (χ1v) is 12.8. The molecule has 3 N–H and O–H groups in total. The number of amides is 3. The first-order chi connectivity index (χ1) is 19.5. The van der Waals surface area contributed by atoms with E-state index in [1.165, 1.54) is 29.2 Å². The zero-order valence-electron chi connectivity index (χ0n) is 22.0. The first-order valence-electron chi connectivity index (χ1n) is 12.8. The molecule has 3 aromatic carbocycles. The lowest BCUT2D eigenvalue weighted by Gasteiger charge is -2.32. The molecule has 1 saturated heterocycles. The Labute approximate surface area is 233 Å². The number of benzene rings is 3. The van der Waals surface area contributed by atoms with Crippen LogP contribution < -0.4 is 20.1 Å². The highest BCUT2D eigenvalue weighted by atomic mass is 19.4. The molecule has 0 unspecified atom stereocenters. The predicted molar refractivity (Wildman–Crippen MR) is 144 cm³/mol. The summed E-state index contributed by atoms with van der Waals surface area (Å²) in [6, 6.07) is 16.9. The van der Waals surface area contributed by atoms with E-state index < -0.39 is 30.8 Å². The molecule has 3 aromatic rings. The van der Waals surface area contributed by atoms with Gasteiger partial charge in [-0.05, 0) is 53.9 Å². The van der Waals surface area contributed by atoms with Gasteiger partial charge in [-0.25, -0.2) is 4.79 Å². The number of nitrogens with one attached hydrogen (secondary N) is 2. The third-order valence-corrected chi connectivity index (χ3v) is 6.41.